The number of rotatable bonds is 5. The van der Waals surface area contributed by atoms with Crippen molar-refractivity contribution in [2.45, 2.75) is 36.1 Å². The van der Waals surface area contributed by atoms with Gasteiger partial charge in [-0.05, 0) is 31.0 Å². The number of carbonyl (C=O) groups excluding carboxylic acids is 1. The average Bonchev–Trinajstić information content (AvgIpc) is 3.37. The van der Waals surface area contributed by atoms with Crippen molar-refractivity contribution in [3.63, 3.8) is 0 Å². The van der Waals surface area contributed by atoms with Gasteiger partial charge in [-0.2, -0.15) is 9.30 Å². The van der Waals surface area contributed by atoms with Crippen LogP contribution in [0.3, 0.4) is 0 Å². The van der Waals surface area contributed by atoms with E-state index in [9.17, 15) is 23.3 Å². The van der Waals surface area contributed by atoms with Crippen molar-refractivity contribution in [3.8, 4) is 12.3 Å². The molecule has 9 nitrogen and oxygen atoms in total. The molecule has 0 saturated carbocycles. The van der Waals surface area contributed by atoms with Crippen molar-refractivity contribution in [1.82, 2.24) is 8.87 Å². The number of fused-ring (bicyclic) bond motifs is 1. The Morgan fingerprint density at radius 1 is 1.30 bits per heavy atom. The normalized spacial score (nSPS) is 17.8. The summed E-state index contributed by atoms with van der Waals surface area (Å²) in [7, 11) is -3.91. The van der Waals surface area contributed by atoms with Crippen molar-refractivity contribution in [2.24, 2.45) is 4.99 Å². The summed E-state index contributed by atoms with van der Waals surface area (Å²) < 4.78 is 30.2. The highest BCUT2D eigenvalue weighted by Crippen LogP contribution is 2.32. The van der Waals surface area contributed by atoms with Gasteiger partial charge in [-0.3, -0.25) is 14.9 Å². The van der Waals surface area contributed by atoms with E-state index in [-0.39, 0.29) is 27.8 Å². The van der Waals surface area contributed by atoms with E-state index in [0.29, 0.717) is 33.8 Å². The fourth-order valence-electron chi connectivity index (χ4n) is 3.66. The molecule has 1 unspecified atom stereocenters. The number of terminal acetylenes is 1. The van der Waals surface area contributed by atoms with Crippen LogP contribution in [-0.2, 0) is 21.4 Å². The first kappa shape index (κ1) is 23.6. The molecule has 0 bridgehead atoms. The maximum absolute atomic E-state index is 13.2. The van der Waals surface area contributed by atoms with Gasteiger partial charge in [-0.25, -0.2) is 8.42 Å². The number of non-ortho nitro benzene ring substituents is 1. The van der Waals surface area contributed by atoms with Gasteiger partial charge < -0.3 is 4.57 Å². The van der Waals surface area contributed by atoms with Crippen LogP contribution in [0.4, 0.5) is 5.69 Å². The lowest BCUT2D eigenvalue weighted by Crippen LogP contribution is -2.47. The number of nitro groups is 1. The third-order valence-electron chi connectivity index (χ3n) is 5.18. The molecule has 0 aliphatic carbocycles. The standard InChI is InChI=1S/C20H17ClN4O5S3/c1-2-10-23-15-12-13(25(27)28)6-7-16(15)31-20(23)22-19(26)14-5-3-4-11-24(14)33(29,30)18-9-8-17(21)32-18/h1,6-9,12,14H,3-5,10-11H2. The number of nitrogens with zero attached hydrogens (tertiary/aromatic N) is 4. The Bertz CT molecular complexity index is 1460. The molecule has 1 fully saturated rings. The van der Waals surface area contributed by atoms with E-state index in [2.05, 4.69) is 10.9 Å². The maximum atomic E-state index is 13.2. The molecule has 1 amide bonds. The molecule has 172 valence electrons. The number of aromatic nitrogens is 1. The SMILES string of the molecule is C#CCn1c(=NC(=O)C2CCCCN2S(=O)(=O)c2ccc(Cl)s2)sc2ccc([N+](=O)[O-])cc21. The lowest BCUT2D eigenvalue weighted by molar-refractivity contribution is -0.384. The molecule has 1 atom stereocenters. The zero-order valence-corrected chi connectivity index (χ0v) is 20.2. The first-order valence-corrected chi connectivity index (χ1v) is 13.2. The second-order valence-electron chi connectivity index (χ2n) is 7.22. The smallest absolute Gasteiger partial charge is 0.271 e. The predicted molar refractivity (Wildman–Crippen MR) is 127 cm³/mol. The van der Waals surface area contributed by atoms with Crippen molar-refractivity contribution >= 4 is 66.1 Å². The van der Waals surface area contributed by atoms with Gasteiger partial charge >= 0.3 is 0 Å². The van der Waals surface area contributed by atoms with Crippen molar-refractivity contribution in [1.29, 1.82) is 0 Å². The van der Waals surface area contributed by atoms with E-state index in [4.69, 9.17) is 18.0 Å². The van der Waals surface area contributed by atoms with E-state index in [1.807, 2.05) is 0 Å². The number of amides is 1. The number of nitro benzene ring substituents is 1. The third-order valence-corrected chi connectivity index (χ3v) is 9.85. The summed E-state index contributed by atoms with van der Waals surface area (Å²) in [6, 6.07) is 6.30. The van der Waals surface area contributed by atoms with Crippen LogP contribution >= 0.6 is 34.3 Å². The summed E-state index contributed by atoms with van der Waals surface area (Å²) in [5.41, 5.74) is 0.378. The molecular formula is C20H17ClN4O5S3. The third kappa shape index (κ3) is 4.60. The van der Waals surface area contributed by atoms with Crippen LogP contribution in [0.2, 0.25) is 4.34 Å². The largest absolute Gasteiger partial charge is 0.304 e. The Hall–Kier alpha value is -2.56. The fraction of sp³-hybridized carbons (Fsp3) is 0.300. The van der Waals surface area contributed by atoms with Gasteiger partial charge in [0.2, 0.25) is 0 Å². The summed E-state index contributed by atoms with van der Waals surface area (Å²) in [6.07, 6.45) is 7.13. The molecule has 0 radical (unpaired) electrons. The number of piperidine rings is 1. The van der Waals surface area contributed by atoms with E-state index in [0.717, 1.165) is 22.7 Å². The molecule has 33 heavy (non-hydrogen) atoms. The van der Waals surface area contributed by atoms with E-state index in [1.165, 1.54) is 28.6 Å². The number of halogens is 1. The number of hydrogen-bond acceptors (Lipinski definition) is 7. The Kier molecular flexibility index (Phi) is 6.69. The summed E-state index contributed by atoms with van der Waals surface area (Å²) >= 11 is 8.01. The van der Waals surface area contributed by atoms with E-state index in [1.54, 1.807) is 10.6 Å². The highest BCUT2D eigenvalue weighted by Gasteiger charge is 2.38. The lowest BCUT2D eigenvalue weighted by Gasteiger charge is -2.31. The molecule has 0 spiro atoms. The number of sulfonamides is 1. The molecule has 0 N–H and O–H groups in total. The van der Waals surface area contributed by atoms with Gasteiger partial charge in [0.25, 0.3) is 21.6 Å². The Balaban J connectivity index is 1.76. The van der Waals surface area contributed by atoms with Crippen LogP contribution in [0.15, 0.2) is 39.5 Å². The number of thiophene rings is 1. The Labute approximate surface area is 202 Å². The van der Waals surface area contributed by atoms with Gasteiger partial charge in [0.05, 0.1) is 26.0 Å². The minimum atomic E-state index is -3.91. The summed E-state index contributed by atoms with van der Waals surface area (Å²) in [4.78, 5) is 28.3. The Morgan fingerprint density at radius 3 is 2.76 bits per heavy atom. The summed E-state index contributed by atoms with van der Waals surface area (Å²) in [6.45, 7) is 0.250. The van der Waals surface area contributed by atoms with Gasteiger partial charge in [0.15, 0.2) is 4.80 Å². The van der Waals surface area contributed by atoms with E-state index < -0.39 is 26.9 Å². The highest BCUT2D eigenvalue weighted by molar-refractivity contribution is 7.91. The molecule has 1 saturated heterocycles. The van der Waals surface area contributed by atoms with Crippen molar-refractivity contribution in [3.05, 3.63) is 49.6 Å². The second-order valence-corrected chi connectivity index (χ2v) is 12.1. The van der Waals surface area contributed by atoms with Crippen LogP contribution in [0.25, 0.3) is 10.2 Å². The first-order valence-electron chi connectivity index (χ1n) is 9.79. The molecule has 3 heterocycles. The molecule has 13 heteroatoms. The molecule has 2 aromatic heterocycles. The zero-order chi connectivity index (χ0) is 23.8. The molecule has 1 aliphatic heterocycles. The van der Waals surface area contributed by atoms with Crippen LogP contribution < -0.4 is 4.80 Å². The van der Waals surface area contributed by atoms with Crippen LogP contribution in [-0.4, -0.2) is 40.7 Å². The minimum Gasteiger partial charge on any atom is -0.304 e. The van der Waals surface area contributed by atoms with Crippen molar-refractivity contribution in [2.75, 3.05) is 6.54 Å². The van der Waals surface area contributed by atoms with Gasteiger partial charge in [-0.15, -0.1) is 17.8 Å². The molecule has 1 aliphatic rings. The number of hydrogen-bond donors (Lipinski definition) is 0. The van der Waals surface area contributed by atoms with Crippen LogP contribution in [0.5, 0.6) is 0 Å². The van der Waals surface area contributed by atoms with Crippen LogP contribution in [0, 0.1) is 22.5 Å². The number of thiazole rings is 1. The molecule has 4 rings (SSSR count). The first-order chi connectivity index (χ1) is 15.7. The second kappa shape index (κ2) is 9.36. The van der Waals surface area contributed by atoms with Crippen molar-refractivity contribution < 1.29 is 18.1 Å². The number of benzene rings is 1. The highest BCUT2D eigenvalue weighted by atomic mass is 35.5. The van der Waals surface area contributed by atoms with E-state index >= 15 is 0 Å². The fourth-order valence-corrected chi connectivity index (χ4v) is 7.94. The quantitative estimate of drug-likeness (QED) is 0.287. The summed E-state index contributed by atoms with van der Waals surface area (Å²) in [5.74, 6) is 1.87. The molecule has 1 aromatic carbocycles. The van der Waals surface area contributed by atoms with Gasteiger partial charge in [-0.1, -0.05) is 35.3 Å². The molecular weight excluding hydrogens is 508 g/mol. The average molecular weight is 525 g/mol. The summed E-state index contributed by atoms with van der Waals surface area (Å²) in [5, 5.41) is 11.2. The number of carbonyl (C=O) groups is 1. The lowest BCUT2D eigenvalue weighted by atomic mass is 10.0. The Morgan fingerprint density at radius 2 is 2.09 bits per heavy atom. The minimum absolute atomic E-state index is 0.0493. The zero-order valence-electron chi connectivity index (χ0n) is 17.0. The monoisotopic (exact) mass is 524 g/mol. The topological polar surface area (TPSA) is 115 Å². The van der Waals surface area contributed by atoms with Gasteiger partial charge in [0.1, 0.15) is 10.3 Å². The van der Waals surface area contributed by atoms with Crippen LogP contribution in [0.1, 0.15) is 19.3 Å². The maximum Gasteiger partial charge on any atom is 0.271 e. The molecule has 3 aromatic rings. The predicted octanol–water partition coefficient (Wildman–Crippen LogP) is 3.63. The van der Waals surface area contributed by atoms with Gasteiger partial charge in [0, 0.05) is 18.7 Å².